The number of carbonyl (C=O) groups excluding carboxylic acids is 1. The van der Waals surface area contributed by atoms with Gasteiger partial charge in [-0.2, -0.15) is 13.2 Å². The van der Waals surface area contributed by atoms with Gasteiger partial charge < -0.3 is 15.4 Å². The number of H-pyrrole nitrogens is 1. The van der Waals surface area contributed by atoms with Crippen LogP contribution in [0.2, 0.25) is 0 Å². The Morgan fingerprint density at radius 3 is 2.41 bits per heavy atom. The molecule has 10 heteroatoms. The van der Waals surface area contributed by atoms with Crippen molar-refractivity contribution in [2.45, 2.75) is 12.6 Å². The number of amides is 1. The van der Waals surface area contributed by atoms with Gasteiger partial charge in [0.1, 0.15) is 0 Å². The summed E-state index contributed by atoms with van der Waals surface area (Å²) in [6, 6.07) is 13.2. The van der Waals surface area contributed by atoms with Gasteiger partial charge in [0.15, 0.2) is 5.82 Å². The number of hydrogen-bond donors (Lipinski definition) is 3. The fourth-order valence-corrected chi connectivity index (χ4v) is 2.94. The first kappa shape index (κ1) is 22.7. The van der Waals surface area contributed by atoms with Crippen LogP contribution < -0.4 is 5.32 Å². The van der Waals surface area contributed by atoms with E-state index >= 15 is 0 Å². The molecule has 2 aromatic heterocycles. The molecule has 0 saturated heterocycles. The highest BCUT2D eigenvalue weighted by Crippen LogP contribution is 2.27. The molecular weight excluding hydrogens is 430 g/mol. The van der Waals surface area contributed by atoms with Gasteiger partial charge in [-0.15, -0.1) is 0 Å². The summed E-state index contributed by atoms with van der Waals surface area (Å²) in [5.74, 6) is -3.30. The van der Waals surface area contributed by atoms with E-state index in [9.17, 15) is 22.4 Å². The van der Waals surface area contributed by atoms with Crippen molar-refractivity contribution in [1.29, 1.82) is 0 Å². The number of carboxylic acid groups (broad SMARTS) is 1. The van der Waals surface area contributed by atoms with E-state index in [1.165, 1.54) is 6.20 Å². The van der Waals surface area contributed by atoms with E-state index in [2.05, 4.69) is 15.3 Å². The maximum Gasteiger partial charge on any atom is 0.490 e. The third-order valence-electron chi connectivity index (χ3n) is 4.46. The van der Waals surface area contributed by atoms with Crippen LogP contribution in [-0.4, -0.2) is 39.7 Å². The molecule has 6 nitrogen and oxygen atoms in total. The number of hydrogen-bond acceptors (Lipinski definition) is 3. The lowest BCUT2D eigenvalue weighted by Gasteiger charge is -2.10. The highest BCUT2D eigenvalue weighted by Gasteiger charge is 2.38. The van der Waals surface area contributed by atoms with Gasteiger partial charge in [-0.05, 0) is 23.8 Å². The lowest BCUT2D eigenvalue weighted by atomic mass is 10.1. The first-order valence-corrected chi connectivity index (χ1v) is 9.34. The number of carboxylic acids is 1. The Labute approximate surface area is 179 Å². The van der Waals surface area contributed by atoms with Crippen LogP contribution in [0.4, 0.5) is 17.6 Å². The first-order valence-electron chi connectivity index (χ1n) is 9.34. The summed E-state index contributed by atoms with van der Waals surface area (Å²) >= 11 is 0. The molecule has 1 aliphatic rings. The minimum absolute atomic E-state index is 0.123. The van der Waals surface area contributed by atoms with Crippen molar-refractivity contribution < 1.29 is 32.3 Å². The highest BCUT2D eigenvalue weighted by atomic mass is 19.4. The Morgan fingerprint density at radius 1 is 1.09 bits per heavy atom. The number of alkyl halides is 3. The monoisotopic (exact) mass is 447 g/mol. The van der Waals surface area contributed by atoms with Gasteiger partial charge in [-0.1, -0.05) is 36.4 Å². The van der Waals surface area contributed by atoms with Crippen molar-refractivity contribution in [2.75, 3.05) is 6.54 Å². The Bertz CT molecular complexity index is 1150. The maximum atomic E-state index is 14.3. The molecule has 0 saturated carbocycles. The number of benzene rings is 1. The Hall–Kier alpha value is -3.95. The minimum atomic E-state index is -5.08. The van der Waals surface area contributed by atoms with Crippen molar-refractivity contribution in [3.8, 4) is 11.3 Å². The number of fused-ring (bicyclic) bond motifs is 1. The molecule has 32 heavy (non-hydrogen) atoms. The number of aromatic nitrogens is 2. The van der Waals surface area contributed by atoms with Crippen molar-refractivity contribution >= 4 is 24.0 Å². The number of halogens is 4. The maximum absolute atomic E-state index is 14.3. The van der Waals surface area contributed by atoms with Gasteiger partial charge in [0.25, 0.3) is 5.91 Å². The van der Waals surface area contributed by atoms with Crippen molar-refractivity contribution in [3.63, 3.8) is 0 Å². The average molecular weight is 447 g/mol. The quantitative estimate of drug-likeness (QED) is 0.522. The number of pyridine rings is 1. The van der Waals surface area contributed by atoms with Gasteiger partial charge in [-0.3, -0.25) is 9.78 Å². The third kappa shape index (κ3) is 5.60. The molecule has 1 aromatic carbocycles. The Morgan fingerprint density at radius 2 is 1.78 bits per heavy atom. The second kappa shape index (κ2) is 9.46. The van der Waals surface area contributed by atoms with Gasteiger partial charge >= 0.3 is 12.1 Å². The minimum Gasteiger partial charge on any atom is -0.475 e. The smallest absolute Gasteiger partial charge is 0.475 e. The van der Waals surface area contributed by atoms with Gasteiger partial charge in [-0.25, -0.2) is 9.18 Å². The molecule has 1 amide bonds. The summed E-state index contributed by atoms with van der Waals surface area (Å²) in [6.45, 7) is 0.593. The van der Waals surface area contributed by atoms with Crippen molar-refractivity contribution in [2.24, 2.45) is 0 Å². The Kier molecular flexibility index (Phi) is 6.72. The molecule has 166 valence electrons. The van der Waals surface area contributed by atoms with E-state index in [4.69, 9.17) is 9.90 Å². The van der Waals surface area contributed by atoms with Gasteiger partial charge in [0.05, 0.1) is 17.5 Å². The summed E-state index contributed by atoms with van der Waals surface area (Å²) in [5, 5.41) is 9.92. The Balaban J connectivity index is 0.000000360. The summed E-state index contributed by atoms with van der Waals surface area (Å²) in [7, 11) is 0. The summed E-state index contributed by atoms with van der Waals surface area (Å²) in [5.41, 5.74) is 4.12. The fourth-order valence-electron chi connectivity index (χ4n) is 2.94. The van der Waals surface area contributed by atoms with Crippen LogP contribution in [0.3, 0.4) is 0 Å². The molecule has 4 rings (SSSR count). The molecule has 0 bridgehead atoms. The number of rotatable bonds is 3. The SMILES string of the molecule is O=C(O)C(F)(F)F.O=C1NCCc2[nH]c(-c3cc(/C=C/c4ccccc4)ncc3F)cc21. The predicted octanol–water partition coefficient (Wildman–Crippen LogP) is 4.31. The topological polar surface area (TPSA) is 95.1 Å². The summed E-state index contributed by atoms with van der Waals surface area (Å²) in [6.07, 6.45) is 0.611. The molecule has 3 heterocycles. The molecule has 0 unspecified atom stereocenters. The average Bonchev–Trinajstić information content (AvgIpc) is 3.19. The van der Waals surface area contributed by atoms with Crippen LogP contribution in [0, 0.1) is 5.82 Å². The zero-order valence-corrected chi connectivity index (χ0v) is 16.4. The number of aromatic amines is 1. The normalized spacial score (nSPS) is 13.2. The van der Waals surface area contributed by atoms with E-state index in [1.54, 1.807) is 12.1 Å². The molecule has 0 radical (unpaired) electrons. The van der Waals surface area contributed by atoms with Gasteiger partial charge in [0, 0.05) is 29.9 Å². The van der Waals surface area contributed by atoms with Crippen molar-refractivity contribution in [1.82, 2.24) is 15.3 Å². The fraction of sp³-hybridized carbons (Fsp3) is 0.136. The zero-order valence-electron chi connectivity index (χ0n) is 16.4. The van der Waals surface area contributed by atoms with Crippen LogP contribution in [0.1, 0.15) is 27.3 Å². The lowest BCUT2D eigenvalue weighted by Crippen LogP contribution is -2.31. The van der Waals surface area contributed by atoms with E-state index in [-0.39, 0.29) is 5.91 Å². The first-order chi connectivity index (χ1) is 15.1. The number of nitrogens with zero attached hydrogens (tertiary/aromatic N) is 1. The van der Waals surface area contributed by atoms with Crippen LogP contribution in [0.15, 0.2) is 48.7 Å². The second-order valence-corrected chi connectivity index (χ2v) is 6.72. The molecule has 0 fully saturated rings. The van der Waals surface area contributed by atoms with E-state index in [1.807, 2.05) is 42.5 Å². The molecule has 0 aliphatic carbocycles. The predicted molar refractivity (Wildman–Crippen MR) is 109 cm³/mol. The molecule has 0 spiro atoms. The highest BCUT2D eigenvalue weighted by molar-refractivity contribution is 5.97. The van der Waals surface area contributed by atoms with Crippen LogP contribution >= 0.6 is 0 Å². The van der Waals surface area contributed by atoms with Crippen LogP contribution in [0.5, 0.6) is 0 Å². The summed E-state index contributed by atoms with van der Waals surface area (Å²) in [4.78, 5) is 28.1. The molecule has 3 N–H and O–H groups in total. The van der Waals surface area contributed by atoms with E-state index in [0.29, 0.717) is 35.5 Å². The summed E-state index contributed by atoms with van der Waals surface area (Å²) < 4.78 is 46.0. The van der Waals surface area contributed by atoms with Gasteiger partial charge in [0.2, 0.25) is 0 Å². The third-order valence-corrected chi connectivity index (χ3v) is 4.46. The molecular formula is C22H17F4N3O3. The molecule has 0 atom stereocenters. The number of aliphatic carboxylic acids is 1. The van der Waals surface area contributed by atoms with E-state index in [0.717, 1.165) is 11.3 Å². The van der Waals surface area contributed by atoms with Crippen LogP contribution in [0.25, 0.3) is 23.4 Å². The number of nitrogens with one attached hydrogen (secondary N) is 2. The van der Waals surface area contributed by atoms with Crippen molar-refractivity contribution in [3.05, 3.63) is 77.0 Å². The van der Waals surface area contributed by atoms with Crippen LogP contribution in [-0.2, 0) is 11.2 Å². The largest absolute Gasteiger partial charge is 0.490 e. The standard InChI is InChI=1S/C20H16FN3O.C2HF3O2/c21-17-12-23-14(7-6-13-4-2-1-3-5-13)10-15(17)19-11-16-18(24-19)8-9-22-20(16)25;3-2(4,5)1(6)7/h1-7,10-12,24H,8-9H2,(H,22,25);(H,6,7)/b7-6+;. The zero-order chi connectivity index (χ0) is 23.3. The van der Waals surface area contributed by atoms with E-state index < -0.39 is 18.0 Å². The second-order valence-electron chi connectivity index (χ2n) is 6.72. The lowest BCUT2D eigenvalue weighted by molar-refractivity contribution is -0.192. The molecule has 3 aromatic rings. The molecule has 1 aliphatic heterocycles. The number of carbonyl (C=O) groups is 2.